The molecule has 4 bridgehead atoms. The Kier molecular flexibility index (Phi) is 2.54. The maximum absolute atomic E-state index is 6.00. The second kappa shape index (κ2) is 4.05. The van der Waals surface area contributed by atoms with Crippen molar-refractivity contribution in [3.05, 3.63) is 29.1 Å². The number of pyridine rings is 1. The van der Waals surface area contributed by atoms with Crippen LogP contribution in [0.4, 0.5) is 0 Å². The zero-order valence-electron chi connectivity index (χ0n) is 11.9. The van der Waals surface area contributed by atoms with Crippen LogP contribution in [0.2, 0.25) is 0 Å². The molecule has 0 aromatic carbocycles. The molecule has 19 heavy (non-hydrogen) atoms. The van der Waals surface area contributed by atoms with Gasteiger partial charge in [0.25, 0.3) is 0 Å². The van der Waals surface area contributed by atoms with Crippen LogP contribution >= 0.6 is 0 Å². The van der Waals surface area contributed by atoms with E-state index in [0.717, 1.165) is 17.8 Å². The van der Waals surface area contributed by atoms with E-state index in [-0.39, 0.29) is 0 Å². The Morgan fingerprint density at radius 2 is 1.68 bits per heavy atom. The van der Waals surface area contributed by atoms with E-state index >= 15 is 0 Å². The van der Waals surface area contributed by atoms with Crippen LogP contribution in [-0.4, -0.2) is 4.98 Å². The Hall–Kier alpha value is -0.890. The third kappa shape index (κ3) is 1.69. The smallest absolute Gasteiger partial charge is 0.0315 e. The number of rotatable bonds is 2. The average Bonchev–Trinajstić information content (AvgIpc) is 2.36. The average molecular weight is 256 g/mol. The lowest BCUT2D eigenvalue weighted by molar-refractivity contribution is -0.00589. The van der Waals surface area contributed by atoms with Crippen molar-refractivity contribution < 1.29 is 0 Å². The molecular weight excluding hydrogens is 232 g/mol. The summed E-state index contributed by atoms with van der Waals surface area (Å²) in [5.41, 5.74) is 10.7. The van der Waals surface area contributed by atoms with Crippen molar-refractivity contribution in [3.8, 4) is 0 Å². The maximum Gasteiger partial charge on any atom is 0.0315 e. The number of hydrogen-bond donors (Lipinski definition) is 1. The molecule has 0 spiro atoms. The molecule has 0 aliphatic heterocycles. The maximum atomic E-state index is 6.00. The van der Waals surface area contributed by atoms with Gasteiger partial charge in [-0.3, -0.25) is 4.98 Å². The van der Waals surface area contributed by atoms with E-state index in [1.807, 2.05) is 12.4 Å². The quantitative estimate of drug-likeness (QED) is 0.881. The van der Waals surface area contributed by atoms with Gasteiger partial charge in [-0.25, -0.2) is 0 Å². The molecule has 2 nitrogen and oxygen atoms in total. The molecule has 0 amide bonds. The molecule has 0 unspecified atom stereocenters. The fourth-order valence-electron chi connectivity index (χ4n) is 5.95. The van der Waals surface area contributed by atoms with Crippen molar-refractivity contribution in [2.45, 2.75) is 57.4 Å². The molecule has 102 valence electrons. The van der Waals surface area contributed by atoms with Gasteiger partial charge < -0.3 is 5.73 Å². The van der Waals surface area contributed by atoms with E-state index in [9.17, 15) is 0 Å². The summed E-state index contributed by atoms with van der Waals surface area (Å²) in [4.78, 5) is 4.36. The summed E-state index contributed by atoms with van der Waals surface area (Å²) in [5, 5.41) is 0. The van der Waals surface area contributed by atoms with E-state index in [1.54, 1.807) is 5.56 Å². The minimum absolute atomic E-state index is 0.455. The Bertz CT molecular complexity index is 471. The van der Waals surface area contributed by atoms with Gasteiger partial charge in [0.1, 0.15) is 0 Å². The molecule has 1 aromatic heterocycles. The Labute approximate surface area is 115 Å². The molecule has 4 saturated carbocycles. The number of hydrogen-bond acceptors (Lipinski definition) is 2. The highest BCUT2D eigenvalue weighted by Gasteiger charge is 2.52. The van der Waals surface area contributed by atoms with Gasteiger partial charge in [0.15, 0.2) is 0 Å². The molecule has 0 radical (unpaired) electrons. The molecular formula is C17H24N2. The van der Waals surface area contributed by atoms with Gasteiger partial charge in [0.05, 0.1) is 0 Å². The lowest BCUT2D eigenvalue weighted by atomic mass is 9.47. The lowest BCUT2D eigenvalue weighted by Crippen LogP contribution is -2.49. The van der Waals surface area contributed by atoms with E-state index in [1.165, 1.54) is 49.7 Å². The number of nitrogens with zero attached hydrogens (tertiary/aromatic N) is 1. The van der Waals surface area contributed by atoms with Crippen LogP contribution in [0.15, 0.2) is 12.4 Å². The fraction of sp³-hybridized carbons (Fsp3) is 0.706. The van der Waals surface area contributed by atoms with Gasteiger partial charge in [-0.05, 0) is 85.3 Å². The predicted octanol–water partition coefficient (Wildman–Crippen LogP) is 3.32. The third-order valence-electron chi connectivity index (χ3n) is 6.00. The van der Waals surface area contributed by atoms with Crippen molar-refractivity contribution in [1.29, 1.82) is 0 Å². The Morgan fingerprint density at radius 3 is 2.21 bits per heavy atom. The second-order valence-corrected chi connectivity index (χ2v) is 7.39. The van der Waals surface area contributed by atoms with Crippen LogP contribution in [0.3, 0.4) is 0 Å². The molecule has 0 saturated heterocycles. The summed E-state index contributed by atoms with van der Waals surface area (Å²) in [6.45, 7) is 2.88. The second-order valence-electron chi connectivity index (χ2n) is 7.39. The molecule has 1 aromatic rings. The molecule has 4 aliphatic rings. The number of aryl methyl sites for hydroxylation is 1. The standard InChI is InChI=1S/C17H24N2/c1-11-9-19-10-15(8-18)16(11)17-5-12-2-13(6-17)4-14(3-12)7-17/h9-10,12-14H,2-8,18H2,1H3. The van der Waals surface area contributed by atoms with Crippen LogP contribution in [0.5, 0.6) is 0 Å². The van der Waals surface area contributed by atoms with Gasteiger partial charge in [-0.1, -0.05) is 0 Å². The third-order valence-corrected chi connectivity index (χ3v) is 6.00. The molecule has 4 aliphatic carbocycles. The normalized spacial score (nSPS) is 39.8. The summed E-state index contributed by atoms with van der Waals surface area (Å²) in [5.74, 6) is 2.97. The van der Waals surface area contributed by atoms with Crippen LogP contribution < -0.4 is 5.73 Å². The molecule has 1 heterocycles. The van der Waals surface area contributed by atoms with Crippen LogP contribution in [-0.2, 0) is 12.0 Å². The van der Waals surface area contributed by atoms with Gasteiger partial charge >= 0.3 is 0 Å². The monoisotopic (exact) mass is 256 g/mol. The van der Waals surface area contributed by atoms with E-state index in [0.29, 0.717) is 12.0 Å². The molecule has 4 fully saturated rings. The van der Waals surface area contributed by atoms with E-state index < -0.39 is 0 Å². The zero-order valence-corrected chi connectivity index (χ0v) is 11.9. The topological polar surface area (TPSA) is 38.9 Å². The summed E-state index contributed by atoms with van der Waals surface area (Å²) in [7, 11) is 0. The first kappa shape index (κ1) is 11.9. The minimum Gasteiger partial charge on any atom is -0.326 e. The summed E-state index contributed by atoms with van der Waals surface area (Å²) < 4.78 is 0. The zero-order chi connectivity index (χ0) is 13.0. The predicted molar refractivity (Wildman–Crippen MR) is 76.7 cm³/mol. The van der Waals surface area contributed by atoms with Gasteiger partial charge in [0, 0.05) is 18.9 Å². The first-order valence-electron chi connectivity index (χ1n) is 7.84. The fourth-order valence-corrected chi connectivity index (χ4v) is 5.95. The SMILES string of the molecule is Cc1cncc(CN)c1C12CC3CC(CC(C3)C1)C2. The van der Waals surface area contributed by atoms with Gasteiger partial charge in [-0.15, -0.1) is 0 Å². The Morgan fingerprint density at radius 1 is 1.11 bits per heavy atom. The summed E-state index contributed by atoms with van der Waals surface area (Å²) in [6, 6.07) is 0. The highest BCUT2D eigenvalue weighted by Crippen LogP contribution is 2.61. The number of aromatic nitrogens is 1. The van der Waals surface area contributed by atoms with Crippen LogP contribution in [0.1, 0.15) is 55.2 Å². The van der Waals surface area contributed by atoms with Crippen molar-refractivity contribution in [1.82, 2.24) is 4.98 Å². The largest absolute Gasteiger partial charge is 0.326 e. The Balaban J connectivity index is 1.84. The minimum atomic E-state index is 0.455. The van der Waals surface area contributed by atoms with Gasteiger partial charge in [0.2, 0.25) is 0 Å². The first-order valence-corrected chi connectivity index (χ1v) is 7.84. The highest BCUT2D eigenvalue weighted by atomic mass is 14.7. The van der Waals surface area contributed by atoms with E-state index in [2.05, 4.69) is 11.9 Å². The molecule has 2 N–H and O–H groups in total. The van der Waals surface area contributed by atoms with Gasteiger partial charge in [-0.2, -0.15) is 0 Å². The van der Waals surface area contributed by atoms with Crippen molar-refractivity contribution in [3.63, 3.8) is 0 Å². The highest BCUT2D eigenvalue weighted by molar-refractivity contribution is 5.40. The van der Waals surface area contributed by atoms with Crippen LogP contribution in [0.25, 0.3) is 0 Å². The molecule has 2 heteroatoms. The van der Waals surface area contributed by atoms with E-state index in [4.69, 9.17) is 5.73 Å². The molecule has 0 atom stereocenters. The van der Waals surface area contributed by atoms with Crippen LogP contribution in [0, 0.1) is 24.7 Å². The number of nitrogens with two attached hydrogens (primary N) is 1. The first-order chi connectivity index (χ1) is 9.20. The lowest BCUT2D eigenvalue weighted by Gasteiger charge is -2.57. The molecule has 5 rings (SSSR count). The van der Waals surface area contributed by atoms with Crippen molar-refractivity contribution >= 4 is 0 Å². The summed E-state index contributed by atoms with van der Waals surface area (Å²) >= 11 is 0. The summed E-state index contributed by atoms with van der Waals surface area (Å²) in [6.07, 6.45) is 12.8. The van der Waals surface area contributed by atoms with Crippen molar-refractivity contribution in [2.24, 2.45) is 23.5 Å². The van der Waals surface area contributed by atoms with Crippen molar-refractivity contribution in [2.75, 3.05) is 0 Å².